The zero-order chi connectivity index (χ0) is 21.1. The van der Waals surface area contributed by atoms with Crippen LogP contribution in [0.1, 0.15) is 69.2 Å². The second-order valence-corrected chi connectivity index (χ2v) is 8.83. The van der Waals surface area contributed by atoms with Crippen molar-refractivity contribution in [2.75, 3.05) is 25.6 Å². The highest BCUT2D eigenvalue weighted by Gasteiger charge is 2.32. The Balaban J connectivity index is 1.69. The first kappa shape index (κ1) is 21.1. The Morgan fingerprint density at radius 3 is 2.77 bits per heavy atom. The summed E-state index contributed by atoms with van der Waals surface area (Å²) in [5.41, 5.74) is 2.39. The molecule has 1 saturated heterocycles. The van der Waals surface area contributed by atoms with Crippen LogP contribution in [0.15, 0.2) is 12.4 Å². The maximum absolute atomic E-state index is 13.6. The van der Waals surface area contributed by atoms with Gasteiger partial charge in [-0.3, -0.25) is 4.79 Å². The lowest BCUT2D eigenvalue weighted by molar-refractivity contribution is 0.0631. The Kier molecular flexibility index (Phi) is 6.56. The molecule has 2 atom stereocenters. The zero-order valence-electron chi connectivity index (χ0n) is 18.6. The van der Waals surface area contributed by atoms with Crippen LogP contribution in [0.2, 0.25) is 0 Å². The van der Waals surface area contributed by atoms with Crippen LogP contribution in [0.3, 0.4) is 0 Å². The number of aryl methyl sites for hydroxylation is 1. The molecule has 1 aliphatic carbocycles. The third kappa shape index (κ3) is 4.04. The van der Waals surface area contributed by atoms with Crippen LogP contribution in [0.5, 0.6) is 0 Å². The number of carbonyl (C=O) groups is 1. The van der Waals surface area contributed by atoms with E-state index in [0.29, 0.717) is 24.1 Å². The molecule has 1 saturated carbocycles. The third-order valence-corrected chi connectivity index (χ3v) is 6.92. The SMILES string of the molecule is CCn1ncc2c(N[C@@H](C)C3CCCCC3)c(C(=O)N3CCC[C@H]3COC)cnc21. The molecule has 30 heavy (non-hydrogen) atoms. The lowest BCUT2D eigenvalue weighted by atomic mass is 9.84. The molecular weight excluding hydrogens is 378 g/mol. The van der Waals surface area contributed by atoms with Crippen LogP contribution in [-0.2, 0) is 11.3 Å². The molecule has 4 rings (SSSR count). The maximum Gasteiger partial charge on any atom is 0.257 e. The van der Waals surface area contributed by atoms with Crippen LogP contribution < -0.4 is 5.32 Å². The molecule has 164 valence electrons. The van der Waals surface area contributed by atoms with Gasteiger partial charge in [0.25, 0.3) is 5.91 Å². The molecule has 7 nitrogen and oxygen atoms in total. The highest BCUT2D eigenvalue weighted by Crippen LogP contribution is 2.33. The highest BCUT2D eigenvalue weighted by atomic mass is 16.5. The van der Waals surface area contributed by atoms with Crippen molar-refractivity contribution in [1.29, 1.82) is 0 Å². The second kappa shape index (κ2) is 9.33. The van der Waals surface area contributed by atoms with E-state index in [2.05, 4.69) is 29.2 Å². The van der Waals surface area contributed by atoms with E-state index in [1.165, 1.54) is 32.1 Å². The number of hydrogen-bond donors (Lipinski definition) is 1. The Morgan fingerprint density at radius 2 is 2.03 bits per heavy atom. The molecule has 7 heteroatoms. The number of carbonyl (C=O) groups excluding carboxylic acids is 1. The van der Waals surface area contributed by atoms with Crippen molar-refractivity contribution in [2.45, 2.75) is 77.4 Å². The number of anilines is 1. The average Bonchev–Trinajstić information content (AvgIpc) is 3.41. The largest absolute Gasteiger partial charge is 0.383 e. The monoisotopic (exact) mass is 413 g/mol. The molecule has 0 radical (unpaired) electrons. The van der Waals surface area contributed by atoms with Gasteiger partial charge in [0.05, 0.1) is 35.5 Å². The second-order valence-electron chi connectivity index (χ2n) is 8.83. The molecular formula is C23H35N5O2. The van der Waals surface area contributed by atoms with Crippen LogP contribution in [-0.4, -0.2) is 57.9 Å². The number of rotatable bonds is 7. The molecule has 1 aliphatic heterocycles. The van der Waals surface area contributed by atoms with E-state index in [-0.39, 0.29) is 11.9 Å². The number of amides is 1. The first-order valence-electron chi connectivity index (χ1n) is 11.5. The number of hydrogen-bond acceptors (Lipinski definition) is 5. The molecule has 0 aromatic carbocycles. The van der Waals surface area contributed by atoms with Gasteiger partial charge in [0.1, 0.15) is 0 Å². The van der Waals surface area contributed by atoms with Gasteiger partial charge in [-0.1, -0.05) is 19.3 Å². The van der Waals surface area contributed by atoms with Gasteiger partial charge < -0.3 is 15.0 Å². The summed E-state index contributed by atoms with van der Waals surface area (Å²) in [6.45, 7) is 6.42. The summed E-state index contributed by atoms with van der Waals surface area (Å²) in [6, 6.07) is 0.445. The van der Waals surface area contributed by atoms with E-state index >= 15 is 0 Å². The van der Waals surface area contributed by atoms with Gasteiger partial charge >= 0.3 is 0 Å². The maximum atomic E-state index is 13.6. The quantitative estimate of drug-likeness (QED) is 0.740. The minimum absolute atomic E-state index is 0.0477. The Bertz CT molecular complexity index is 874. The van der Waals surface area contributed by atoms with Crippen molar-refractivity contribution in [1.82, 2.24) is 19.7 Å². The van der Waals surface area contributed by atoms with Gasteiger partial charge in [-0.2, -0.15) is 5.10 Å². The number of nitrogens with one attached hydrogen (secondary N) is 1. The molecule has 1 amide bonds. The van der Waals surface area contributed by atoms with Gasteiger partial charge in [0.15, 0.2) is 5.65 Å². The Hall–Kier alpha value is -2.15. The van der Waals surface area contributed by atoms with E-state index < -0.39 is 0 Å². The summed E-state index contributed by atoms with van der Waals surface area (Å²) in [5.74, 6) is 0.686. The number of fused-ring (bicyclic) bond motifs is 1. The number of pyridine rings is 1. The lowest BCUT2D eigenvalue weighted by Crippen LogP contribution is -2.39. The first-order valence-corrected chi connectivity index (χ1v) is 11.5. The average molecular weight is 414 g/mol. The summed E-state index contributed by atoms with van der Waals surface area (Å²) in [5, 5.41) is 9.18. The van der Waals surface area contributed by atoms with Crippen molar-refractivity contribution in [3.05, 3.63) is 18.0 Å². The fraction of sp³-hybridized carbons (Fsp3) is 0.696. The summed E-state index contributed by atoms with van der Waals surface area (Å²) < 4.78 is 7.26. The predicted molar refractivity (Wildman–Crippen MR) is 119 cm³/mol. The normalized spacial score (nSPS) is 21.3. The topological polar surface area (TPSA) is 72.3 Å². The lowest BCUT2D eigenvalue weighted by Gasteiger charge is -2.30. The number of likely N-dealkylation sites (tertiary alicyclic amines) is 1. The standard InChI is InChI=1S/C23H35N5O2/c1-4-28-22-19(14-25-28)21(26-16(2)17-9-6-5-7-10-17)20(13-24-22)23(29)27-12-8-11-18(27)15-30-3/h13-14,16-18H,4-12,15H2,1-3H3,(H,24,26)/t16-,18-/m0/s1. The van der Waals surface area contributed by atoms with E-state index in [0.717, 1.165) is 42.7 Å². The smallest absolute Gasteiger partial charge is 0.257 e. The number of aromatic nitrogens is 3. The first-order chi connectivity index (χ1) is 14.6. The molecule has 2 fully saturated rings. The summed E-state index contributed by atoms with van der Waals surface area (Å²) in [4.78, 5) is 20.2. The van der Waals surface area contributed by atoms with Gasteiger partial charge in [0.2, 0.25) is 0 Å². The van der Waals surface area contributed by atoms with Crippen molar-refractivity contribution in [3.63, 3.8) is 0 Å². The van der Waals surface area contributed by atoms with E-state index in [1.807, 2.05) is 15.8 Å². The molecule has 0 bridgehead atoms. The highest BCUT2D eigenvalue weighted by molar-refractivity contribution is 6.06. The number of nitrogens with zero attached hydrogens (tertiary/aromatic N) is 4. The van der Waals surface area contributed by atoms with E-state index in [1.54, 1.807) is 13.3 Å². The zero-order valence-corrected chi connectivity index (χ0v) is 18.6. The minimum atomic E-state index is 0.0477. The molecule has 2 aromatic rings. The van der Waals surface area contributed by atoms with Crippen LogP contribution in [0, 0.1) is 5.92 Å². The molecule has 2 aliphatic rings. The fourth-order valence-electron chi connectivity index (χ4n) is 5.18. The molecule has 0 spiro atoms. The Morgan fingerprint density at radius 1 is 1.23 bits per heavy atom. The molecule has 0 unspecified atom stereocenters. The number of ether oxygens (including phenoxy) is 1. The molecule has 2 aromatic heterocycles. The van der Waals surface area contributed by atoms with Gasteiger partial charge in [-0.05, 0) is 45.4 Å². The minimum Gasteiger partial charge on any atom is -0.383 e. The van der Waals surface area contributed by atoms with Crippen molar-refractivity contribution in [2.24, 2.45) is 5.92 Å². The van der Waals surface area contributed by atoms with Crippen molar-refractivity contribution in [3.8, 4) is 0 Å². The van der Waals surface area contributed by atoms with Crippen LogP contribution in [0.4, 0.5) is 5.69 Å². The van der Waals surface area contributed by atoms with Crippen molar-refractivity contribution >= 4 is 22.6 Å². The van der Waals surface area contributed by atoms with Crippen LogP contribution in [0.25, 0.3) is 11.0 Å². The van der Waals surface area contributed by atoms with E-state index in [9.17, 15) is 4.79 Å². The van der Waals surface area contributed by atoms with E-state index in [4.69, 9.17) is 4.74 Å². The summed E-state index contributed by atoms with van der Waals surface area (Å²) in [6.07, 6.45) is 12.1. The third-order valence-electron chi connectivity index (χ3n) is 6.92. The summed E-state index contributed by atoms with van der Waals surface area (Å²) >= 11 is 0. The molecule has 1 N–H and O–H groups in total. The van der Waals surface area contributed by atoms with Crippen molar-refractivity contribution < 1.29 is 9.53 Å². The Labute approximate surface area is 179 Å². The molecule has 3 heterocycles. The fourth-order valence-corrected chi connectivity index (χ4v) is 5.18. The number of methoxy groups -OCH3 is 1. The van der Waals surface area contributed by atoms with Gasteiger partial charge in [-0.15, -0.1) is 0 Å². The van der Waals surface area contributed by atoms with Gasteiger partial charge in [-0.25, -0.2) is 9.67 Å². The van der Waals surface area contributed by atoms with Crippen LogP contribution >= 0.6 is 0 Å². The van der Waals surface area contributed by atoms with Gasteiger partial charge in [0, 0.05) is 32.4 Å². The predicted octanol–water partition coefficient (Wildman–Crippen LogP) is 4.08. The summed E-state index contributed by atoms with van der Waals surface area (Å²) in [7, 11) is 1.70.